The van der Waals surface area contributed by atoms with Gasteiger partial charge in [0.25, 0.3) is 0 Å². The van der Waals surface area contributed by atoms with Gasteiger partial charge in [-0.2, -0.15) is 0 Å². The quantitative estimate of drug-likeness (QED) is 0.837. The Morgan fingerprint density at radius 1 is 1.50 bits per heavy atom. The van der Waals surface area contributed by atoms with Crippen LogP contribution in [0.1, 0.15) is 23.5 Å². The van der Waals surface area contributed by atoms with Crippen molar-refractivity contribution < 1.29 is 4.79 Å². The highest BCUT2D eigenvalue weighted by atomic mass is 79.9. The van der Waals surface area contributed by atoms with E-state index in [1.54, 1.807) is 11.3 Å². The molecule has 1 heterocycles. The lowest BCUT2D eigenvalue weighted by Gasteiger charge is -2.10. The molecule has 1 aromatic heterocycles. The van der Waals surface area contributed by atoms with E-state index in [-0.39, 0.29) is 11.9 Å². The molecule has 2 rings (SSSR count). The van der Waals surface area contributed by atoms with Crippen LogP contribution in [-0.4, -0.2) is 10.9 Å². The van der Waals surface area contributed by atoms with E-state index in [9.17, 15) is 4.79 Å². The molecule has 0 fully saturated rings. The Kier molecular flexibility index (Phi) is 4.73. The van der Waals surface area contributed by atoms with Gasteiger partial charge in [-0.1, -0.05) is 40.7 Å². The van der Waals surface area contributed by atoms with Crippen LogP contribution in [-0.2, 0) is 4.79 Å². The van der Waals surface area contributed by atoms with Crippen LogP contribution in [0, 0.1) is 6.92 Å². The summed E-state index contributed by atoms with van der Waals surface area (Å²) in [4.78, 5) is 17.1. The van der Waals surface area contributed by atoms with Crippen LogP contribution in [0.2, 0.25) is 0 Å². The molecule has 0 saturated carbocycles. The van der Waals surface area contributed by atoms with Crippen LogP contribution in [0.15, 0.2) is 41.4 Å². The standard InChI is InChI=1S/C15H15BrN2OS/c1-4-13(19)17-9(2)14-10(3)18-15(20-14)11-7-5-6-8-12(11)16/h4-9H,1H2,2-3H3,(H,17,19). The van der Waals surface area contributed by atoms with Crippen molar-refractivity contribution in [3.63, 3.8) is 0 Å². The molecule has 0 aliphatic carbocycles. The molecule has 0 bridgehead atoms. The molecule has 1 unspecified atom stereocenters. The summed E-state index contributed by atoms with van der Waals surface area (Å²) in [6.45, 7) is 7.37. The fourth-order valence-corrected chi connectivity index (χ4v) is 3.61. The molecule has 5 heteroatoms. The first kappa shape index (κ1) is 14.9. The van der Waals surface area contributed by atoms with Crippen molar-refractivity contribution in [1.29, 1.82) is 0 Å². The number of aromatic nitrogens is 1. The molecule has 1 N–H and O–H groups in total. The summed E-state index contributed by atoms with van der Waals surface area (Å²) in [6.07, 6.45) is 1.28. The van der Waals surface area contributed by atoms with E-state index < -0.39 is 0 Å². The normalized spacial score (nSPS) is 11.9. The van der Waals surface area contributed by atoms with Gasteiger partial charge in [0.15, 0.2) is 0 Å². The number of halogens is 1. The zero-order valence-corrected chi connectivity index (χ0v) is 13.7. The van der Waals surface area contributed by atoms with Crippen molar-refractivity contribution in [3.8, 4) is 10.6 Å². The van der Waals surface area contributed by atoms with Crippen LogP contribution in [0.4, 0.5) is 0 Å². The van der Waals surface area contributed by atoms with Crippen molar-refractivity contribution >= 4 is 33.2 Å². The van der Waals surface area contributed by atoms with Gasteiger partial charge >= 0.3 is 0 Å². The molecule has 1 atom stereocenters. The summed E-state index contributed by atoms with van der Waals surface area (Å²) >= 11 is 5.14. The fourth-order valence-electron chi connectivity index (χ4n) is 1.90. The third-order valence-corrected chi connectivity index (χ3v) is 4.94. The lowest BCUT2D eigenvalue weighted by molar-refractivity contribution is -0.117. The van der Waals surface area contributed by atoms with Crippen molar-refractivity contribution in [2.75, 3.05) is 0 Å². The summed E-state index contributed by atoms with van der Waals surface area (Å²) in [5.41, 5.74) is 2.01. The second kappa shape index (κ2) is 6.33. The van der Waals surface area contributed by atoms with Gasteiger partial charge in [0.05, 0.1) is 16.6 Å². The van der Waals surface area contributed by atoms with Gasteiger partial charge in [-0.15, -0.1) is 11.3 Å². The van der Waals surface area contributed by atoms with Gasteiger partial charge < -0.3 is 5.32 Å². The number of thiazole rings is 1. The van der Waals surface area contributed by atoms with E-state index in [2.05, 4.69) is 32.8 Å². The second-order valence-corrected chi connectivity index (χ2v) is 6.27. The number of benzene rings is 1. The van der Waals surface area contributed by atoms with Crippen molar-refractivity contribution in [1.82, 2.24) is 10.3 Å². The van der Waals surface area contributed by atoms with Crippen LogP contribution in [0.5, 0.6) is 0 Å². The summed E-state index contributed by atoms with van der Waals surface area (Å²) in [7, 11) is 0. The van der Waals surface area contributed by atoms with Gasteiger partial charge in [-0.25, -0.2) is 4.98 Å². The number of hydrogen-bond donors (Lipinski definition) is 1. The minimum absolute atomic E-state index is 0.0748. The maximum absolute atomic E-state index is 11.4. The Balaban J connectivity index is 2.32. The van der Waals surface area contributed by atoms with E-state index in [4.69, 9.17) is 0 Å². The van der Waals surface area contributed by atoms with E-state index in [1.165, 1.54) is 6.08 Å². The predicted molar refractivity (Wildman–Crippen MR) is 86.7 cm³/mol. The van der Waals surface area contributed by atoms with E-state index in [0.29, 0.717) is 0 Å². The maximum Gasteiger partial charge on any atom is 0.243 e. The topological polar surface area (TPSA) is 42.0 Å². The molecule has 2 aromatic rings. The SMILES string of the molecule is C=CC(=O)NC(C)c1sc(-c2ccccc2Br)nc1C. The summed E-state index contributed by atoms with van der Waals surface area (Å²) in [5.74, 6) is -0.173. The molecule has 1 aromatic carbocycles. The number of aryl methyl sites for hydroxylation is 1. The summed E-state index contributed by atoms with van der Waals surface area (Å²) < 4.78 is 1.02. The smallest absolute Gasteiger partial charge is 0.243 e. The molecule has 104 valence electrons. The summed E-state index contributed by atoms with van der Waals surface area (Å²) in [6, 6.07) is 7.91. The molecule has 0 aliphatic heterocycles. The zero-order chi connectivity index (χ0) is 14.7. The molecule has 0 aliphatic rings. The minimum Gasteiger partial charge on any atom is -0.345 e. The van der Waals surface area contributed by atoms with Gasteiger partial charge in [-0.05, 0) is 26.0 Å². The second-order valence-electron chi connectivity index (χ2n) is 4.38. The number of nitrogens with one attached hydrogen (secondary N) is 1. The van der Waals surface area contributed by atoms with Crippen LogP contribution in [0.3, 0.4) is 0 Å². The maximum atomic E-state index is 11.4. The first-order chi connectivity index (χ1) is 9.52. The van der Waals surface area contributed by atoms with Crippen molar-refractivity contribution in [2.24, 2.45) is 0 Å². The molecule has 3 nitrogen and oxygen atoms in total. The van der Waals surface area contributed by atoms with Crippen LogP contribution >= 0.6 is 27.3 Å². The average Bonchev–Trinajstić information content (AvgIpc) is 2.81. The molecular formula is C15H15BrN2OS. The van der Waals surface area contributed by atoms with Gasteiger partial charge in [-0.3, -0.25) is 4.79 Å². The summed E-state index contributed by atoms with van der Waals surface area (Å²) in [5, 5.41) is 3.82. The lowest BCUT2D eigenvalue weighted by atomic mass is 10.2. The molecule has 0 spiro atoms. The fraction of sp³-hybridized carbons (Fsp3) is 0.200. The Hall–Kier alpha value is -1.46. The van der Waals surface area contributed by atoms with Gasteiger partial charge in [0, 0.05) is 10.0 Å². The van der Waals surface area contributed by atoms with Gasteiger partial charge in [0.2, 0.25) is 5.91 Å². The van der Waals surface area contributed by atoms with Crippen molar-refractivity contribution in [3.05, 3.63) is 52.0 Å². The average molecular weight is 351 g/mol. The molecule has 1 amide bonds. The van der Waals surface area contributed by atoms with E-state index in [0.717, 1.165) is 25.6 Å². The lowest BCUT2D eigenvalue weighted by Crippen LogP contribution is -2.24. The van der Waals surface area contributed by atoms with Crippen molar-refractivity contribution in [2.45, 2.75) is 19.9 Å². The molecule has 0 saturated heterocycles. The number of nitrogens with zero attached hydrogens (tertiary/aromatic N) is 1. The van der Waals surface area contributed by atoms with Crippen LogP contribution < -0.4 is 5.32 Å². The Bertz CT molecular complexity index is 651. The number of rotatable bonds is 4. The minimum atomic E-state index is -0.173. The highest BCUT2D eigenvalue weighted by Crippen LogP contribution is 2.35. The number of carbonyl (C=O) groups excluding carboxylic acids is 1. The third-order valence-electron chi connectivity index (χ3n) is 2.87. The number of carbonyl (C=O) groups is 1. The molecule has 20 heavy (non-hydrogen) atoms. The van der Waals surface area contributed by atoms with E-state index in [1.807, 2.05) is 38.1 Å². The Morgan fingerprint density at radius 3 is 2.85 bits per heavy atom. The monoisotopic (exact) mass is 350 g/mol. The zero-order valence-electron chi connectivity index (χ0n) is 11.3. The third kappa shape index (κ3) is 3.16. The number of amides is 1. The Morgan fingerprint density at radius 2 is 2.20 bits per heavy atom. The van der Waals surface area contributed by atoms with E-state index >= 15 is 0 Å². The first-order valence-corrected chi connectivity index (χ1v) is 7.79. The predicted octanol–water partition coefficient (Wildman–Crippen LogP) is 4.24. The van der Waals surface area contributed by atoms with Gasteiger partial charge in [0.1, 0.15) is 5.01 Å². The molecule has 0 radical (unpaired) electrons. The van der Waals surface area contributed by atoms with Crippen LogP contribution in [0.25, 0.3) is 10.6 Å². The Labute approximate surface area is 130 Å². The number of hydrogen-bond acceptors (Lipinski definition) is 3. The highest BCUT2D eigenvalue weighted by molar-refractivity contribution is 9.10. The first-order valence-electron chi connectivity index (χ1n) is 6.18. The highest BCUT2D eigenvalue weighted by Gasteiger charge is 2.17. The largest absolute Gasteiger partial charge is 0.345 e. The molecular weight excluding hydrogens is 336 g/mol.